The van der Waals surface area contributed by atoms with Crippen LogP contribution in [0.2, 0.25) is 0 Å². The van der Waals surface area contributed by atoms with Crippen molar-refractivity contribution in [1.82, 2.24) is 10.3 Å². The third-order valence-electron chi connectivity index (χ3n) is 10.0. The van der Waals surface area contributed by atoms with Crippen LogP contribution < -0.4 is 31.6 Å². The van der Waals surface area contributed by atoms with Gasteiger partial charge in [0, 0.05) is 60.6 Å². The fourth-order valence-electron chi connectivity index (χ4n) is 7.16. The fourth-order valence-corrected chi connectivity index (χ4v) is 7.16. The van der Waals surface area contributed by atoms with Gasteiger partial charge in [-0.2, -0.15) is 4.57 Å². The molecular weight excluding hydrogens is 617 g/mol. The molecule has 1 aliphatic carbocycles. The molecule has 1 atom stereocenters. The van der Waals surface area contributed by atoms with Crippen LogP contribution in [0.4, 0.5) is 28.4 Å². The van der Waals surface area contributed by atoms with Crippen LogP contribution >= 0.6 is 0 Å². The second-order valence-corrected chi connectivity index (χ2v) is 14.2. The molecule has 0 bridgehead atoms. The van der Waals surface area contributed by atoms with Crippen molar-refractivity contribution < 1.29 is 4.57 Å². The Kier molecular flexibility index (Phi) is 10.0. The molecule has 0 saturated heterocycles. The Hall–Kier alpha value is -5.11. The van der Waals surface area contributed by atoms with Gasteiger partial charge in [0.2, 0.25) is 11.0 Å². The van der Waals surface area contributed by atoms with Crippen molar-refractivity contribution in [3.8, 4) is 0 Å². The van der Waals surface area contributed by atoms with Crippen LogP contribution in [-0.2, 0) is 0 Å². The lowest BCUT2D eigenvalue weighted by molar-refractivity contribution is -0.522. The number of anilines is 4. The van der Waals surface area contributed by atoms with Crippen LogP contribution in [0.1, 0.15) is 76.0 Å². The standard InChI is InChI=1S/C42H52N8/c1-25(2)49-39-21-31(43)27(5)17-35(39)47-37-19-29(7)33(23-41(37)49)45-15-13-11-9-10-12-14-16-46-34-24-42-38(20-30(34)8)48-36-18-28(6)32(44)22-40(36)50(42)26(3)4/h17-24,41,45H,1,3,9-16,43H2,2,4-8H3,(H2,44,46)/p+1. The molecule has 260 valence electrons. The molecule has 1 aliphatic heterocycles. The molecule has 0 amide bonds. The van der Waals surface area contributed by atoms with E-state index in [1.54, 1.807) is 0 Å². The van der Waals surface area contributed by atoms with Crippen molar-refractivity contribution in [2.75, 3.05) is 34.8 Å². The summed E-state index contributed by atoms with van der Waals surface area (Å²) in [5, 5.41) is 7.40. The highest BCUT2D eigenvalue weighted by molar-refractivity contribution is 6.10. The second kappa shape index (κ2) is 14.4. The number of benzene rings is 3. The Bertz CT molecular complexity index is 2100. The first-order chi connectivity index (χ1) is 23.9. The van der Waals surface area contributed by atoms with Crippen LogP contribution in [0.5, 0.6) is 0 Å². The van der Waals surface area contributed by atoms with Gasteiger partial charge in [-0.05, 0) is 113 Å². The summed E-state index contributed by atoms with van der Waals surface area (Å²) in [5.41, 5.74) is 29.7. The molecule has 1 aromatic heterocycles. The molecule has 2 aliphatic rings. The summed E-state index contributed by atoms with van der Waals surface area (Å²) in [4.78, 5) is 12.2. The number of rotatable bonds is 13. The Morgan fingerprint density at radius 1 is 0.780 bits per heavy atom. The minimum Gasteiger partial charge on any atom is -0.398 e. The SMILES string of the molecule is C=C(C)N1c2cc(N)c(C)cc2N=C2C=C(C)C(NCCCCCCCCNc3cc4c(cc3C)nc3cc(C)c(N)cc3[n+]4C(=C)C)=CC21. The largest absolute Gasteiger partial charge is 0.398 e. The zero-order valence-electron chi connectivity index (χ0n) is 30.7. The smallest absolute Gasteiger partial charge is 0.239 e. The Morgan fingerprint density at radius 2 is 1.38 bits per heavy atom. The van der Waals surface area contributed by atoms with Gasteiger partial charge >= 0.3 is 0 Å². The topological polar surface area (TPSA) is 108 Å². The number of nitrogens with zero attached hydrogens (tertiary/aromatic N) is 4. The number of hydrogen-bond donors (Lipinski definition) is 4. The maximum absolute atomic E-state index is 6.29. The third-order valence-corrected chi connectivity index (χ3v) is 10.0. The molecule has 0 spiro atoms. The van der Waals surface area contributed by atoms with Gasteiger partial charge in [0.1, 0.15) is 11.0 Å². The van der Waals surface area contributed by atoms with Crippen LogP contribution in [0.25, 0.3) is 27.8 Å². The van der Waals surface area contributed by atoms with E-state index in [4.69, 9.17) is 21.4 Å². The van der Waals surface area contributed by atoms with Gasteiger partial charge in [-0.15, -0.1) is 0 Å². The summed E-state index contributed by atoms with van der Waals surface area (Å²) < 4.78 is 2.17. The predicted molar refractivity (Wildman–Crippen MR) is 214 cm³/mol. The molecule has 6 N–H and O–H groups in total. The van der Waals surface area contributed by atoms with E-state index in [1.165, 1.54) is 42.5 Å². The zero-order valence-corrected chi connectivity index (χ0v) is 30.7. The fraction of sp³-hybridized carbons (Fsp3) is 0.357. The van der Waals surface area contributed by atoms with Crippen molar-refractivity contribution in [3.63, 3.8) is 0 Å². The first kappa shape index (κ1) is 34.7. The molecule has 6 rings (SSSR count). The minimum atomic E-state index is 0.00691. The van der Waals surface area contributed by atoms with Gasteiger partial charge in [0.15, 0.2) is 5.70 Å². The van der Waals surface area contributed by atoms with Crippen molar-refractivity contribution in [2.24, 2.45) is 4.99 Å². The molecule has 4 aromatic rings. The molecule has 8 heteroatoms. The lowest BCUT2D eigenvalue weighted by Gasteiger charge is -2.39. The van der Waals surface area contributed by atoms with Crippen molar-refractivity contribution in [3.05, 3.63) is 95.4 Å². The lowest BCUT2D eigenvalue weighted by atomic mass is 9.93. The van der Waals surface area contributed by atoms with Gasteiger partial charge in [-0.25, -0.2) is 9.98 Å². The van der Waals surface area contributed by atoms with Gasteiger partial charge in [-0.1, -0.05) is 32.3 Å². The number of aryl methyl sites for hydroxylation is 3. The number of nitrogens with two attached hydrogens (primary N) is 2. The quantitative estimate of drug-likeness (QED) is 0.0490. The lowest BCUT2D eigenvalue weighted by Crippen LogP contribution is -2.42. The average molecular weight is 670 g/mol. The van der Waals surface area contributed by atoms with Crippen LogP contribution in [-0.4, -0.2) is 29.8 Å². The van der Waals surface area contributed by atoms with E-state index in [0.717, 1.165) is 105 Å². The van der Waals surface area contributed by atoms with Crippen LogP contribution in [0, 0.1) is 20.8 Å². The van der Waals surface area contributed by atoms with E-state index in [-0.39, 0.29) is 6.04 Å². The zero-order chi connectivity index (χ0) is 35.7. The van der Waals surface area contributed by atoms with E-state index in [1.807, 2.05) is 39.8 Å². The highest BCUT2D eigenvalue weighted by atomic mass is 15.2. The minimum absolute atomic E-state index is 0.00691. The average Bonchev–Trinajstić information content (AvgIpc) is 3.05. The molecule has 0 saturated carbocycles. The summed E-state index contributed by atoms with van der Waals surface area (Å²) >= 11 is 0. The number of fused-ring (bicyclic) bond motifs is 4. The number of nitrogen functional groups attached to an aromatic ring is 2. The Labute approximate surface area is 297 Å². The summed E-state index contributed by atoms with van der Waals surface area (Å²) in [6, 6.07) is 12.6. The molecule has 2 heterocycles. The van der Waals surface area contributed by atoms with E-state index >= 15 is 0 Å². The Morgan fingerprint density at radius 3 is 2.06 bits per heavy atom. The van der Waals surface area contributed by atoms with Crippen molar-refractivity contribution in [1.29, 1.82) is 0 Å². The summed E-state index contributed by atoms with van der Waals surface area (Å²) in [7, 11) is 0. The molecule has 0 radical (unpaired) electrons. The van der Waals surface area contributed by atoms with Gasteiger partial charge in [0.25, 0.3) is 0 Å². The predicted octanol–water partition coefficient (Wildman–Crippen LogP) is 8.94. The van der Waals surface area contributed by atoms with E-state index < -0.39 is 0 Å². The molecule has 8 nitrogen and oxygen atoms in total. The monoisotopic (exact) mass is 669 g/mol. The van der Waals surface area contributed by atoms with Gasteiger partial charge in [-0.3, -0.25) is 0 Å². The van der Waals surface area contributed by atoms with Crippen molar-refractivity contribution in [2.45, 2.75) is 86.1 Å². The summed E-state index contributed by atoms with van der Waals surface area (Å²) in [6.45, 7) is 22.9. The molecular formula is C42H53N8+. The first-order valence-corrected chi connectivity index (χ1v) is 18.0. The number of nitrogens with one attached hydrogen (secondary N) is 2. The summed E-state index contributed by atoms with van der Waals surface area (Å²) in [6.07, 6.45) is 11.7. The number of hydrogen-bond acceptors (Lipinski definition) is 7. The molecule has 0 fully saturated rings. The van der Waals surface area contributed by atoms with E-state index in [9.17, 15) is 0 Å². The van der Waals surface area contributed by atoms with E-state index in [0.29, 0.717) is 0 Å². The number of unbranched alkanes of at least 4 members (excludes halogenated alkanes) is 5. The molecule has 3 aromatic carbocycles. The normalized spacial score (nSPS) is 15.3. The molecule has 1 unspecified atom stereocenters. The number of allylic oxidation sites excluding steroid dienone is 3. The first-order valence-electron chi connectivity index (χ1n) is 18.0. The summed E-state index contributed by atoms with van der Waals surface area (Å²) in [5.74, 6) is 0. The maximum atomic E-state index is 6.29. The van der Waals surface area contributed by atoms with Crippen molar-refractivity contribution >= 4 is 61.9 Å². The molecule has 50 heavy (non-hydrogen) atoms. The van der Waals surface area contributed by atoms with Gasteiger partial charge in [0.05, 0.1) is 23.1 Å². The number of aliphatic imine (C=N–C) groups is 1. The van der Waals surface area contributed by atoms with Crippen LogP contribution in [0.3, 0.4) is 0 Å². The Balaban J connectivity index is 0.968. The van der Waals surface area contributed by atoms with Crippen LogP contribution in [0.15, 0.2) is 83.7 Å². The number of aromatic nitrogens is 2. The second-order valence-electron chi connectivity index (χ2n) is 14.2. The third kappa shape index (κ3) is 6.97. The highest BCUT2D eigenvalue weighted by Gasteiger charge is 2.32. The highest BCUT2D eigenvalue weighted by Crippen LogP contribution is 2.41. The maximum Gasteiger partial charge on any atom is 0.239 e. The van der Waals surface area contributed by atoms with E-state index in [2.05, 4.69) is 83.5 Å². The van der Waals surface area contributed by atoms with Gasteiger partial charge < -0.3 is 27.0 Å².